The van der Waals surface area contributed by atoms with Gasteiger partial charge in [0.25, 0.3) is 0 Å². The first kappa shape index (κ1) is 21.2. The molecule has 1 aromatic rings. The van der Waals surface area contributed by atoms with Gasteiger partial charge in [-0.05, 0) is 41.5 Å². The standard InChI is InChI=1S/C19H22BrCl2NO3S/c1-19(2)15(9-16(21)22)17(19)18(24)23(14-6-7-27(25,26)11-14)10-12-4-3-5-13(20)8-12/h3-5,8-9,14-15,17H,6-7,10-11H2,1-2H3. The molecule has 0 spiro atoms. The fraction of sp³-hybridized carbons (Fsp3) is 0.526. The van der Waals surface area contributed by atoms with Gasteiger partial charge in [-0.15, -0.1) is 0 Å². The molecule has 3 atom stereocenters. The van der Waals surface area contributed by atoms with Crippen molar-refractivity contribution in [3.05, 3.63) is 44.9 Å². The van der Waals surface area contributed by atoms with Gasteiger partial charge in [0.2, 0.25) is 5.91 Å². The minimum atomic E-state index is -3.10. The van der Waals surface area contributed by atoms with Crippen LogP contribution in [0.1, 0.15) is 25.8 Å². The second-order valence-corrected chi connectivity index (χ2v) is 12.1. The number of carbonyl (C=O) groups excluding carboxylic acids is 1. The molecule has 0 aromatic heterocycles. The maximum Gasteiger partial charge on any atom is 0.227 e. The maximum absolute atomic E-state index is 13.4. The van der Waals surface area contributed by atoms with Crippen molar-refractivity contribution in [3.63, 3.8) is 0 Å². The van der Waals surface area contributed by atoms with Gasteiger partial charge < -0.3 is 4.90 Å². The first-order valence-electron chi connectivity index (χ1n) is 8.79. The van der Waals surface area contributed by atoms with E-state index in [0.29, 0.717) is 13.0 Å². The largest absolute Gasteiger partial charge is 0.334 e. The van der Waals surface area contributed by atoms with E-state index in [-0.39, 0.29) is 45.2 Å². The van der Waals surface area contributed by atoms with Gasteiger partial charge >= 0.3 is 0 Å². The topological polar surface area (TPSA) is 54.5 Å². The molecule has 1 heterocycles. The summed E-state index contributed by atoms with van der Waals surface area (Å²) in [6.07, 6.45) is 2.19. The molecular weight excluding hydrogens is 473 g/mol. The van der Waals surface area contributed by atoms with Gasteiger partial charge in [0.15, 0.2) is 9.84 Å². The van der Waals surface area contributed by atoms with E-state index >= 15 is 0 Å². The van der Waals surface area contributed by atoms with Gasteiger partial charge in [-0.2, -0.15) is 0 Å². The predicted molar refractivity (Wildman–Crippen MR) is 112 cm³/mol. The van der Waals surface area contributed by atoms with Crippen molar-refractivity contribution < 1.29 is 13.2 Å². The molecule has 8 heteroatoms. The normalized spacial score (nSPS) is 27.8. The summed E-state index contributed by atoms with van der Waals surface area (Å²) in [4.78, 5) is 15.1. The lowest BCUT2D eigenvalue weighted by Crippen LogP contribution is -2.42. The molecular formula is C19H22BrCl2NO3S. The fourth-order valence-electron chi connectivity index (χ4n) is 4.01. The maximum atomic E-state index is 13.4. The Kier molecular flexibility index (Phi) is 6.03. The molecule has 148 valence electrons. The van der Waals surface area contributed by atoms with Gasteiger partial charge in [-0.25, -0.2) is 8.42 Å². The Bertz CT molecular complexity index is 881. The summed E-state index contributed by atoms with van der Waals surface area (Å²) in [5, 5.41) is 0. The SMILES string of the molecule is CC1(C)C(C=C(Cl)Cl)C1C(=O)N(Cc1cccc(Br)c1)C1CCS(=O)(=O)C1. The molecule has 1 saturated carbocycles. The van der Waals surface area contributed by atoms with E-state index < -0.39 is 9.84 Å². The van der Waals surface area contributed by atoms with E-state index in [4.69, 9.17) is 23.2 Å². The summed E-state index contributed by atoms with van der Waals surface area (Å²) < 4.78 is 25.1. The van der Waals surface area contributed by atoms with Crippen LogP contribution >= 0.6 is 39.1 Å². The second kappa shape index (κ2) is 7.69. The summed E-state index contributed by atoms with van der Waals surface area (Å²) in [5.74, 6) is -0.169. The van der Waals surface area contributed by atoms with Crippen molar-refractivity contribution in [3.8, 4) is 0 Å². The predicted octanol–water partition coefficient (Wildman–Crippen LogP) is 4.56. The first-order valence-corrected chi connectivity index (χ1v) is 12.2. The van der Waals surface area contributed by atoms with Gasteiger partial charge in [-0.1, -0.05) is 65.1 Å². The number of benzene rings is 1. The van der Waals surface area contributed by atoms with E-state index in [1.807, 2.05) is 38.1 Å². The smallest absolute Gasteiger partial charge is 0.227 e. The van der Waals surface area contributed by atoms with Crippen molar-refractivity contribution in [1.82, 2.24) is 4.90 Å². The highest BCUT2D eigenvalue weighted by molar-refractivity contribution is 9.10. The van der Waals surface area contributed by atoms with Gasteiger partial charge in [-0.3, -0.25) is 4.79 Å². The average molecular weight is 495 g/mol. The van der Waals surface area contributed by atoms with Crippen molar-refractivity contribution in [2.75, 3.05) is 11.5 Å². The van der Waals surface area contributed by atoms with Crippen LogP contribution in [0.25, 0.3) is 0 Å². The number of nitrogens with zero attached hydrogens (tertiary/aromatic N) is 1. The number of rotatable bonds is 5. The van der Waals surface area contributed by atoms with Gasteiger partial charge in [0.1, 0.15) is 4.49 Å². The highest BCUT2D eigenvalue weighted by atomic mass is 79.9. The third-order valence-corrected chi connectivity index (χ3v) is 8.15. The Balaban J connectivity index is 1.88. The zero-order chi connectivity index (χ0) is 20.0. The third-order valence-electron chi connectivity index (χ3n) is 5.66. The highest BCUT2D eigenvalue weighted by Gasteiger charge is 2.62. The summed E-state index contributed by atoms with van der Waals surface area (Å²) in [7, 11) is -3.10. The molecule has 2 fully saturated rings. The number of halogens is 3. The van der Waals surface area contributed by atoms with Crippen molar-refractivity contribution in [1.29, 1.82) is 0 Å². The zero-order valence-electron chi connectivity index (χ0n) is 15.2. The third kappa shape index (κ3) is 4.72. The van der Waals surface area contributed by atoms with Crippen molar-refractivity contribution in [2.24, 2.45) is 17.3 Å². The van der Waals surface area contributed by atoms with E-state index in [1.165, 1.54) is 0 Å². The van der Waals surface area contributed by atoms with Crippen LogP contribution < -0.4 is 0 Å². The molecule has 3 unspecified atom stereocenters. The molecule has 0 bridgehead atoms. The Morgan fingerprint density at radius 2 is 2.07 bits per heavy atom. The average Bonchev–Trinajstić information content (AvgIpc) is 2.88. The van der Waals surface area contributed by atoms with Crippen LogP contribution in [0, 0.1) is 17.3 Å². The minimum absolute atomic E-state index is 0.0245. The monoisotopic (exact) mass is 493 g/mol. The Hall–Kier alpha value is -0.560. The molecule has 2 aliphatic rings. The van der Waals surface area contributed by atoms with Crippen LogP contribution in [0.4, 0.5) is 0 Å². The number of hydrogen-bond acceptors (Lipinski definition) is 3. The van der Waals surface area contributed by atoms with Crippen LogP contribution in [0.2, 0.25) is 0 Å². The first-order chi connectivity index (χ1) is 12.5. The minimum Gasteiger partial charge on any atom is -0.334 e. The summed E-state index contributed by atoms with van der Waals surface area (Å²) >= 11 is 15.1. The van der Waals surface area contributed by atoms with E-state index in [9.17, 15) is 13.2 Å². The molecule has 0 N–H and O–H groups in total. The Labute approximate surface area is 178 Å². The van der Waals surface area contributed by atoms with E-state index in [1.54, 1.807) is 11.0 Å². The van der Waals surface area contributed by atoms with Crippen LogP contribution in [-0.4, -0.2) is 36.8 Å². The van der Waals surface area contributed by atoms with Crippen LogP contribution in [0.3, 0.4) is 0 Å². The number of allylic oxidation sites excluding steroid dienone is 1. The molecule has 27 heavy (non-hydrogen) atoms. The molecule has 3 rings (SSSR count). The number of hydrogen-bond donors (Lipinski definition) is 0. The molecule has 1 aromatic carbocycles. The summed E-state index contributed by atoms with van der Waals surface area (Å²) in [6.45, 7) is 4.41. The van der Waals surface area contributed by atoms with E-state index in [0.717, 1.165) is 10.0 Å². The molecule has 1 saturated heterocycles. The van der Waals surface area contributed by atoms with Gasteiger partial charge in [0.05, 0.1) is 17.4 Å². The highest BCUT2D eigenvalue weighted by Crippen LogP contribution is 2.60. The zero-order valence-corrected chi connectivity index (χ0v) is 19.1. The van der Waals surface area contributed by atoms with Crippen molar-refractivity contribution >= 4 is 54.9 Å². The second-order valence-electron chi connectivity index (χ2n) is 7.93. The molecule has 1 amide bonds. The fourth-order valence-corrected chi connectivity index (χ4v) is 6.46. The molecule has 4 nitrogen and oxygen atoms in total. The number of carbonyl (C=O) groups is 1. The summed E-state index contributed by atoms with van der Waals surface area (Å²) in [6, 6.07) is 7.43. The lowest BCUT2D eigenvalue weighted by molar-refractivity contribution is -0.136. The molecule has 1 aliphatic heterocycles. The quantitative estimate of drug-likeness (QED) is 0.603. The lowest BCUT2D eigenvalue weighted by atomic mass is 10.1. The van der Waals surface area contributed by atoms with Crippen molar-refractivity contribution in [2.45, 2.75) is 32.9 Å². The Morgan fingerprint density at radius 3 is 2.63 bits per heavy atom. The number of sulfone groups is 1. The summed E-state index contributed by atoms with van der Waals surface area (Å²) in [5.41, 5.74) is 0.710. The molecule has 1 aliphatic carbocycles. The lowest BCUT2D eigenvalue weighted by Gasteiger charge is -2.29. The van der Waals surface area contributed by atoms with Crippen LogP contribution in [-0.2, 0) is 21.2 Å². The molecule has 0 radical (unpaired) electrons. The Morgan fingerprint density at radius 1 is 1.37 bits per heavy atom. The number of amides is 1. The van der Waals surface area contributed by atoms with E-state index in [2.05, 4.69) is 15.9 Å². The van der Waals surface area contributed by atoms with Crippen LogP contribution in [0.15, 0.2) is 39.3 Å². The van der Waals surface area contributed by atoms with Gasteiger partial charge in [0, 0.05) is 17.1 Å². The van der Waals surface area contributed by atoms with Crippen LogP contribution in [0.5, 0.6) is 0 Å².